The number of pyridine rings is 1. The average Bonchev–Trinajstić information content (AvgIpc) is 3.43. The third-order valence-electron chi connectivity index (χ3n) is 7.32. The summed E-state index contributed by atoms with van der Waals surface area (Å²) in [4.78, 5) is 29.1. The first-order chi connectivity index (χ1) is 17.4. The molecule has 9 heteroatoms. The molecular weight excluding hydrogens is 482 g/mol. The lowest BCUT2D eigenvalue weighted by Crippen LogP contribution is -2.35. The number of fused-ring (bicyclic) bond motifs is 3. The predicted octanol–water partition coefficient (Wildman–Crippen LogP) is 6.17. The molecule has 2 aliphatic carbocycles. The number of rotatable bonds is 7. The van der Waals surface area contributed by atoms with Crippen LogP contribution in [0.25, 0.3) is 10.9 Å². The zero-order chi connectivity index (χ0) is 25.2. The zero-order valence-electron chi connectivity index (χ0n) is 20.2. The number of nitrogens with one attached hydrogen (secondary N) is 2. The first kappa shape index (κ1) is 24.2. The van der Waals surface area contributed by atoms with Gasteiger partial charge in [0, 0.05) is 29.8 Å². The Morgan fingerprint density at radius 3 is 2.31 bits per heavy atom. The van der Waals surface area contributed by atoms with Gasteiger partial charge >= 0.3 is 6.03 Å². The molecule has 0 saturated heterocycles. The number of ether oxygens (including phenoxy) is 3. The van der Waals surface area contributed by atoms with Gasteiger partial charge in [-0.25, -0.2) is 4.79 Å². The molecule has 0 aliphatic heterocycles. The Hall–Kier alpha value is -3.52. The van der Waals surface area contributed by atoms with E-state index in [2.05, 4.69) is 15.6 Å². The summed E-state index contributed by atoms with van der Waals surface area (Å²) < 4.78 is 16.8. The van der Waals surface area contributed by atoms with E-state index < -0.39 is 6.03 Å². The summed E-state index contributed by atoms with van der Waals surface area (Å²) in [6.07, 6.45) is 6.87. The SMILES string of the molecule is COc1cc2nccc(Oc3ccc(NC(=O)NC(=O)CC4C5CCC4CC5)cc3Cl)c2cc1OC. The molecule has 2 N–H and O–H groups in total. The lowest BCUT2D eigenvalue weighted by molar-refractivity contribution is -0.121. The molecule has 3 amide bonds. The fraction of sp³-hybridized carbons (Fsp3) is 0.370. The quantitative estimate of drug-likeness (QED) is 0.395. The van der Waals surface area contributed by atoms with Gasteiger partial charge < -0.3 is 19.5 Å². The Bertz CT molecular complexity index is 1290. The van der Waals surface area contributed by atoms with Gasteiger partial charge in [0.2, 0.25) is 5.91 Å². The van der Waals surface area contributed by atoms with Crippen LogP contribution in [0.5, 0.6) is 23.0 Å². The molecule has 0 unspecified atom stereocenters. The number of amides is 3. The largest absolute Gasteiger partial charge is 0.493 e. The van der Waals surface area contributed by atoms with Gasteiger partial charge in [-0.1, -0.05) is 11.6 Å². The maximum atomic E-state index is 12.4. The Balaban J connectivity index is 1.24. The fourth-order valence-corrected chi connectivity index (χ4v) is 5.81. The molecule has 0 spiro atoms. The lowest BCUT2D eigenvalue weighted by atomic mass is 9.94. The normalized spacial score (nSPS) is 20.2. The summed E-state index contributed by atoms with van der Waals surface area (Å²) in [6, 6.07) is 9.61. The first-order valence-corrected chi connectivity index (χ1v) is 12.4. The van der Waals surface area contributed by atoms with E-state index >= 15 is 0 Å². The van der Waals surface area contributed by atoms with Crippen molar-refractivity contribution in [2.75, 3.05) is 19.5 Å². The Morgan fingerprint density at radius 2 is 1.64 bits per heavy atom. The number of carbonyl (C=O) groups is 2. The van der Waals surface area contributed by atoms with Crippen LogP contribution in [0.15, 0.2) is 42.6 Å². The molecule has 36 heavy (non-hydrogen) atoms. The van der Waals surface area contributed by atoms with Crippen LogP contribution in [-0.4, -0.2) is 31.1 Å². The molecule has 1 heterocycles. The molecule has 0 atom stereocenters. The van der Waals surface area contributed by atoms with Crippen LogP contribution in [-0.2, 0) is 4.79 Å². The molecule has 2 bridgehead atoms. The Labute approximate surface area is 214 Å². The second-order valence-electron chi connectivity index (χ2n) is 9.33. The molecule has 2 aromatic carbocycles. The molecule has 0 radical (unpaired) electrons. The summed E-state index contributed by atoms with van der Waals surface area (Å²) in [7, 11) is 3.13. The monoisotopic (exact) mass is 509 g/mol. The maximum Gasteiger partial charge on any atom is 0.325 e. The zero-order valence-corrected chi connectivity index (χ0v) is 20.9. The summed E-state index contributed by atoms with van der Waals surface area (Å²) >= 11 is 6.45. The molecule has 8 nitrogen and oxygen atoms in total. The number of benzene rings is 2. The van der Waals surface area contributed by atoms with E-state index in [1.807, 2.05) is 0 Å². The highest BCUT2D eigenvalue weighted by molar-refractivity contribution is 6.32. The Kier molecular flexibility index (Phi) is 6.87. The van der Waals surface area contributed by atoms with Gasteiger partial charge in [-0.3, -0.25) is 15.1 Å². The third kappa shape index (κ3) is 4.91. The minimum absolute atomic E-state index is 0.237. The minimum atomic E-state index is -0.573. The van der Waals surface area contributed by atoms with Gasteiger partial charge in [0.1, 0.15) is 11.5 Å². The number of hydrogen-bond donors (Lipinski definition) is 2. The van der Waals surface area contributed by atoms with Crippen molar-refractivity contribution in [1.82, 2.24) is 10.3 Å². The van der Waals surface area contributed by atoms with Gasteiger partial charge in [0.15, 0.2) is 11.5 Å². The van der Waals surface area contributed by atoms with Crippen LogP contribution < -0.4 is 24.8 Å². The van der Waals surface area contributed by atoms with Crippen molar-refractivity contribution < 1.29 is 23.8 Å². The van der Waals surface area contributed by atoms with Crippen LogP contribution in [0.2, 0.25) is 5.02 Å². The minimum Gasteiger partial charge on any atom is -0.493 e. The van der Waals surface area contributed by atoms with E-state index in [0.29, 0.717) is 63.4 Å². The summed E-state index contributed by atoms with van der Waals surface area (Å²) in [5, 5.41) is 6.14. The smallest absolute Gasteiger partial charge is 0.325 e. The van der Waals surface area contributed by atoms with Crippen LogP contribution >= 0.6 is 11.6 Å². The number of aromatic nitrogens is 1. The van der Waals surface area contributed by atoms with Crippen LogP contribution in [0.3, 0.4) is 0 Å². The van der Waals surface area contributed by atoms with E-state index in [1.54, 1.807) is 56.8 Å². The molecule has 2 saturated carbocycles. The van der Waals surface area contributed by atoms with Gasteiger partial charge in [-0.05, 0) is 73.8 Å². The second kappa shape index (κ2) is 10.2. The number of nitrogens with zero attached hydrogens (tertiary/aromatic N) is 1. The van der Waals surface area contributed by atoms with E-state index in [0.717, 1.165) is 5.39 Å². The summed E-state index contributed by atoms with van der Waals surface area (Å²) in [5.41, 5.74) is 1.12. The topological polar surface area (TPSA) is 98.8 Å². The number of methoxy groups -OCH3 is 2. The Morgan fingerprint density at radius 1 is 0.944 bits per heavy atom. The van der Waals surface area contributed by atoms with Crippen molar-refractivity contribution in [2.45, 2.75) is 32.1 Å². The number of anilines is 1. The number of carbonyl (C=O) groups excluding carboxylic acids is 2. The van der Waals surface area contributed by atoms with Gasteiger partial charge in [-0.2, -0.15) is 0 Å². The van der Waals surface area contributed by atoms with E-state index in [4.69, 9.17) is 25.8 Å². The highest BCUT2D eigenvalue weighted by Crippen LogP contribution is 2.50. The average molecular weight is 510 g/mol. The van der Waals surface area contributed by atoms with Crippen molar-refractivity contribution in [3.8, 4) is 23.0 Å². The van der Waals surface area contributed by atoms with Crippen molar-refractivity contribution in [3.63, 3.8) is 0 Å². The highest BCUT2D eigenvalue weighted by Gasteiger charge is 2.42. The van der Waals surface area contributed by atoms with E-state index in [9.17, 15) is 9.59 Å². The van der Waals surface area contributed by atoms with Crippen LogP contribution in [0.1, 0.15) is 32.1 Å². The number of halogens is 1. The molecular formula is C27H28ClN3O5. The van der Waals surface area contributed by atoms with E-state index in [-0.39, 0.29) is 5.91 Å². The first-order valence-electron chi connectivity index (χ1n) is 12.0. The molecule has 188 valence electrons. The van der Waals surface area contributed by atoms with Crippen molar-refractivity contribution in [1.29, 1.82) is 0 Å². The molecule has 2 aliphatic rings. The highest BCUT2D eigenvalue weighted by atomic mass is 35.5. The second-order valence-corrected chi connectivity index (χ2v) is 9.73. The van der Waals surface area contributed by atoms with Gasteiger partial charge in [0.25, 0.3) is 0 Å². The summed E-state index contributed by atoms with van der Waals surface area (Å²) in [6.45, 7) is 0. The number of hydrogen-bond acceptors (Lipinski definition) is 6. The van der Waals surface area contributed by atoms with Crippen molar-refractivity contribution >= 4 is 40.1 Å². The van der Waals surface area contributed by atoms with Crippen LogP contribution in [0.4, 0.5) is 10.5 Å². The van der Waals surface area contributed by atoms with Crippen LogP contribution in [0, 0.1) is 17.8 Å². The number of urea groups is 1. The third-order valence-corrected chi connectivity index (χ3v) is 7.61. The van der Waals surface area contributed by atoms with Gasteiger partial charge in [-0.15, -0.1) is 0 Å². The van der Waals surface area contributed by atoms with Gasteiger partial charge in [0.05, 0.1) is 24.8 Å². The summed E-state index contributed by atoms with van der Waals surface area (Å²) in [5.74, 6) is 3.50. The predicted molar refractivity (Wildman–Crippen MR) is 137 cm³/mol. The number of imide groups is 1. The van der Waals surface area contributed by atoms with Crippen molar-refractivity contribution in [3.05, 3.63) is 47.6 Å². The standard InChI is InChI=1S/C27H28ClN3O5/c1-34-24-12-19-21(14-25(24)35-2)29-10-9-22(19)36-23-8-7-17(11-20(23)28)30-27(33)31-26(32)13-18-15-3-4-16(18)6-5-15/h7-12,14-16,18H,3-6,13H2,1-2H3,(H2,30,31,32,33). The molecule has 5 rings (SSSR count). The fourth-order valence-electron chi connectivity index (χ4n) is 5.59. The molecule has 1 aromatic heterocycles. The maximum absolute atomic E-state index is 12.4. The molecule has 3 aromatic rings. The van der Waals surface area contributed by atoms with E-state index in [1.165, 1.54) is 25.7 Å². The van der Waals surface area contributed by atoms with Crippen molar-refractivity contribution in [2.24, 2.45) is 17.8 Å². The lowest BCUT2D eigenvalue weighted by Gasteiger charge is -2.15. The molecule has 2 fully saturated rings.